The summed E-state index contributed by atoms with van der Waals surface area (Å²) in [5.74, 6) is 0. The molecule has 0 aliphatic heterocycles. The van der Waals surface area contributed by atoms with Crippen molar-refractivity contribution >= 4 is 0 Å². The fourth-order valence-corrected chi connectivity index (χ4v) is 1.98. The third kappa shape index (κ3) is 4.31. The molecule has 5 heteroatoms. The van der Waals surface area contributed by atoms with Gasteiger partial charge in [0.1, 0.15) is 0 Å². The molecule has 0 fully saturated rings. The van der Waals surface area contributed by atoms with E-state index in [1.165, 1.54) is 12.1 Å². The molecule has 0 radical (unpaired) electrons. The number of aliphatic hydroxyl groups excluding tert-OH is 1. The summed E-state index contributed by atoms with van der Waals surface area (Å²) in [6, 6.07) is 12.7. The fraction of sp³-hybridized carbons (Fsp3) is 0.250. The first kappa shape index (κ1) is 15.5. The van der Waals surface area contributed by atoms with Crippen molar-refractivity contribution < 1.29 is 18.3 Å². The van der Waals surface area contributed by atoms with Crippen LogP contribution in [-0.2, 0) is 12.7 Å². The number of benzene rings is 2. The van der Waals surface area contributed by atoms with Crippen LogP contribution in [0.25, 0.3) is 11.1 Å². The molecule has 0 aliphatic carbocycles. The lowest BCUT2D eigenvalue weighted by Gasteiger charge is -2.08. The number of nitrogens with one attached hydrogen (secondary N) is 1. The van der Waals surface area contributed by atoms with E-state index in [2.05, 4.69) is 5.32 Å². The zero-order chi connectivity index (χ0) is 15.3. The maximum atomic E-state index is 12.5. The molecule has 0 atom stereocenters. The summed E-state index contributed by atoms with van der Waals surface area (Å²) in [5, 5.41) is 11.7. The first-order chi connectivity index (χ1) is 10.0. The highest BCUT2D eigenvalue weighted by Crippen LogP contribution is 2.30. The van der Waals surface area contributed by atoms with Crippen LogP contribution in [0.4, 0.5) is 13.2 Å². The fourth-order valence-electron chi connectivity index (χ4n) is 1.98. The van der Waals surface area contributed by atoms with Crippen LogP contribution < -0.4 is 5.32 Å². The SMILES string of the molecule is OCCNCc1ccc(-c2ccc(C(F)(F)F)cc2)cc1. The molecule has 0 saturated carbocycles. The molecule has 0 spiro atoms. The Morgan fingerprint density at radius 1 is 0.857 bits per heavy atom. The maximum absolute atomic E-state index is 12.5. The minimum absolute atomic E-state index is 0.0869. The van der Waals surface area contributed by atoms with Gasteiger partial charge >= 0.3 is 6.18 Å². The minimum atomic E-state index is -4.30. The third-order valence-corrected chi connectivity index (χ3v) is 3.12. The van der Waals surface area contributed by atoms with Gasteiger partial charge in [-0.15, -0.1) is 0 Å². The first-order valence-corrected chi connectivity index (χ1v) is 6.59. The lowest BCUT2D eigenvalue weighted by molar-refractivity contribution is -0.137. The van der Waals surface area contributed by atoms with Crippen LogP contribution in [0.15, 0.2) is 48.5 Å². The molecule has 0 saturated heterocycles. The van der Waals surface area contributed by atoms with Crippen molar-refractivity contribution in [2.75, 3.05) is 13.2 Å². The van der Waals surface area contributed by atoms with Crippen molar-refractivity contribution in [3.63, 3.8) is 0 Å². The van der Waals surface area contributed by atoms with E-state index in [1.807, 2.05) is 24.3 Å². The third-order valence-electron chi connectivity index (χ3n) is 3.12. The van der Waals surface area contributed by atoms with Gasteiger partial charge in [-0.25, -0.2) is 0 Å². The second-order valence-corrected chi connectivity index (χ2v) is 4.67. The Hall–Kier alpha value is -1.85. The van der Waals surface area contributed by atoms with Crippen LogP contribution >= 0.6 is 0 Å². The van der Waals surface area contributed by atoms with Crippen molar-refractivity contribution in [2.24, 2.45) is 0 Å². The van der Waals surface area contributed by atoms with E-state index in [1.54, 1.807) is 0 Å². The topological polar surface area (TPSA) is 32.3 Å². The van der Waals surface area contributed by atoms with Crippen molar-refractivity contribution in [3.8, 4) is 11.1 Å². The van der Waals surface area contributed by atoms with Gasteiger partial charge in [0.15, 0.2) is 0 Å². The lowest BCUT2D eigenvalue weighted by Crippen LogP contribution is -2.17. The largest absolute Gasteiger partial charge is 0.416 e. The Bertz CT molecular complexity index is 562. The molecule has 0 aliphatic rings. The van der Waals surface area contributed by atoms with Crippen molar-refractivity contribution in [1.82, 2.24) is 5.32 Å². The Morgan fingerprint density at radius 3 is 1.86 bits per heavy atom. The lowest BCUT2D eigenvalue weighted by atomic mass is 10.0. The summed E-state index contributed by atoms with van der Waals surface area (Å²) in [4.78, 5) is 0. The Labute approximate surface area is 121 Å². The van der Waals surface area contributed by atoms with Crippen LogP contribution in [0.1, 0.15) is 11.1 Å². The first-order valence-electron chi connectivity index (χ1n) is 6.59. The van der Waals surface area contributed by atoms with Gasteiger partial charge in [0.05, 0.1) is 12.2 Å². The van der Waals surface area contributed by atoms with Gasteiger partial charge in [0.25, 0.3) is 0 Å². The number of rotatable bonds is 5. The predicted molar refractivity (Wildman–Crippen MR) is 75.7 cm³/mol. The van der Waals surface area contributed by atoms with Gasteiger partial charge in [0, 0.05) is 13.1 Å². The Morgan fingerprint density at radius 2 is 1.38 bits per heavy atom. The van der Waals surface area contributed by atoms with Crippen LogP contribution in [-0.4, -0.2) is 18.3 Å². The van der Waals surface area contributed by atoms with Crippen molar-refractivity contribution in [1.29, 1.82) is 0 Å². The van der Waals surface area contributed by atoms with E-state index in [9.17, 15) is 13.2 Å². The normalized spacial score (nSPS) is 11.6. The number of hydrogen-bond donors (Lipinski definition) is 2. The molecule has 0 unspecified atom stereocenters. The molecule has 2 nitrogen and oxygen atoms in total. The second-order valence-electron chi connectivity index (χ2n) is 4.67. The van der Waals surface area contributed by atoms with Crippen LogP contribution in [0.5, 0.6) is 0 Å². The van der Waals surface area contributed by atoms with Crippen molar-refractivity contribution in [2.45, 2.75) is 12.7 Å². The molecule has 2 N–H and O–H groups in total. The van der Waals surface area contributed by atoms with Crippen LogP contribution in [0, 0.1) is 0 Å². The van der Waals surface area contributed by atoms with Gasteiger partial charge in [-0.2, -0.15) is 13.2 Å². The predicted octanol–water partition coefficient (Wildman–Crippen LogP) is 3.45. The summed E-state index contributed by atoms with van der Waals surface area (Å²) in [6.07, 6.45) is -4.30. The smallest absolute Gasteiger partial charge is 0.395 e. The molecule has 112 valence electrons. The summed E-state index contributed by atoms with van der Waals surface area (Å²) in [5.41, 5.74) is 2.03. The average Bonchev–Trinajstić information content (AvgIpc) is 2.48. The summed E-state index contributed by atoms with van der Waals surface area (Å²) in [7, 11) is 0. The van der Waals surface area contributed by atoms with E-state index in [-0.39, 0.29) is 6.61 Å². The van der Waals surface area contributed by atoms with Crippen LogP contribution in [0.2, 0.25) is 0 Å². The zero-order valence-corrected chi connectivity index (χ0v) is 11.3. The maximum Gasteiger partial charge on any atom is 0.416 e. The zero-order valence-electron chi connectivity index (χ0n) is 11.3. The van der Waals surface area contributed by atoms with Gasteiger partial charge in [-0.3, -0.25) is 0 Å². The number of halogens is 3. The second kappa shape index (κ2) is 6.74. The summed E-state index contributed by atoms with van der Waals surface area (Å²) >= 11 is 0. The molecular weight excluding hydrogens is 279 g/mol. The molecule has 2 aromatic carbocycles. The van der Waals surface area contributed by atoms with Gasteiger partial charge in [-0.1, -0.05) is 36.4 Å². The minimum Gasteiger partial charge on any atom is -0.395 e. The molecule has 0 aromatic heterocycles. The van der Waals surface area contributed by atoms with Crippen LogP contribution in [0.3, 0.4) is 0 Å². The standard InChI is InChI=1S/C16H16F3NO/c17-16(18,19)15-7-5-14(6-8-15)13-3-1-12(2-4-13)11-20-9-10-21/h1-8,20-21H,9-11H2. The highest BCUT2D eigenvalue weighted by Gasteiger charge is 2.29. The Kier molecular flexibility index (Phi) is 4.98. The van der Waals surface area contributed by atoms with Gasteiger partial charge in [0.2, 0.25) is 0 Å². The van der Waals surface area contributed by atoms with Gasteiger partial charge < -0.3 is 10.4 Å². The van der Waals surface area contributed by atoms with Crippen molar-refractivity contribution in [3.05, 3.63) is 59.7 Å². The average molecular weight is 295 g/mol. The van der Waals surface area contributed by atoms with E-state index < -0.39 is 11.7 Å². The number of alkyl halides is 3. The van der Waals surface area contributed by atoms with Gasteiger partial charge in [-0.05, 0) is 28.8 Å². The molecule has 0 amide bonds. The molecule has 0 bridgehead atoms. The quantitative estimate of drug-likeness (QED) is 0.828. The highest BCUT2D eigenvalue weighted by molar-refractivity contribution is 5.64. The summed E-state index contributed by atoms with van der Waals surface area (Å²) < 4.78 is 37.5. The number of aliphatic hydroxyl groups is 1. The van der Waals surface area contributed by atoms with E-state index in [4.69, 9.17) is 5.11 Å². The van der Waals surface area contributed by atoms with E-state index in [0.717, 1.165) is 28.8 Å². The highest BCUT2D eigenvalue weighted by atomic mass is 19.4. The van der Waals surface area contributed by atoms with E-state index in [0.29, 0.717) is 13.1 Å². The molecular formula is C16H16F3NO. The molecule has 21 heavy (non-hydrogen) atoms. The monoisotopic (exact) mass is 295 g/mol. The molecule has 2 rings (SSSR count). The summed E-state index contributed by atoms with van der Waals surface area (Å²) in [6.45, 7) is 1.26. The Balaban J connectivity index is 2.08. The van der Waals surface area contributed by atoms with E-state index >= 15 is 0 Å². The molecule has 2 aromatic rings. The number of hydrogen-bond acceptors (Lipinski definition) is 2. The molecule has 0 heterocycles.